The van der Waals surface area contributed by atoms with Crippen LogP contribution in [0.5, 0.6) is 0 Å². The van der Waals surface area contributed by atoms with Crippen molar-refractivity contribution in [1.29, 1.82) is 0 Å². The quantitative estimate of drug-likeness (QED) is 0.619. The van der Waals surface area contributed by atoms with Crippen LogP contribution in [-0.2, 0) is 0 Å². The zero-order valence-electron chi connectivity index (χ0n) is 7.32. The summed E-state index contributed by atoms with van der Waals surface area (Å²) >= 11 is 2.73. The monoisotopic (exact) mass is 291 g/mol. The van der Waals surface area contributed by atoms with Gasteiger partial charge in [0.1, 0.15) is 10.5 Å². The predicted octanol–water partition coefficient (Wildman–Crippen LogP) is 2.17. The van der Waals surface area contributed by atoms with Gasteiger partial charge in [-0.05, 0) is 15.9 Å². The van der Waals surface area contributed by atoms with Gasteiger partial charge in [-0.2, -0.15) is 0 Å². The Hall–Kier alpha value is -2.10. The van der Waals surface area contributed by atoms with Crippen LogP contribution in [0.1, 0.15) is 0 Å². The molecule has 0 bridgehead atoms. The van der Waals surface area contributed by atoms with Gasteiger partial charge in [0, 0.05) is 6.07 Å². The molecule has 1 rings (SSSR count). The van der Waals surface area contributed by atoms with E-state index in [2.05, 4.69) is 15.9 Å². The number of nitrogens with zero attached hydrogens (tertiary/aromatic N) is 3. The lowest BCUT2D eigenvalue weighted by Crippen LogP contribution is -1.99. The maximum absolute atomic E-state index is 10.5. The zero-order chi connectivity index (χ0) is 12.5. The number of hydrogen-bond donors (Lipinski definition) is 0. The number of benzene rings is 1. The molecule has 0 aliphatic carbocycles. The Morgan fingerprint density at radius 1 is 0.812 bits per heavy atom. The lowest BCUT2D eigenvalue weighted by atomic mass is 10.2. The van der Waals surface area contributed by atoms with E-state index in [0.717, 1.165) is 6.07 Å². The van der Waals surface area contributed by atoms with E-state index in [1.807, 2.05) is 0 Å². The fourth-order valence-corrected chi connectivity index (χ4v) is 1.45. The van der Waals surface area contributed by atoms with Crippen molar-refractivity contribution in [1.82, 2.24) is 0 Å². The van der Waals surface area contributed by atoms with E-state index in [-0.39, 0.29) is 4.47 Å². The summed E-state index contributed by atoms with van der Waals surface area (Å²) in [7, 11) is 0. The maximum Gasteiger partial charge on any atom is 0.352 e. The minimum absolute atomic E-state index is 0.185. The summed E-state index contributed by atoms with van der Waals surface area (Å²) in [6.07, 6.45) is 0. The van der Waals surface area contributed by atoms with Crippen molar-refractivity contribution in [2.24, 2.45) is 0 Å². The Balaban J connectivity index is 3.55. The van der Waals surface area contributed by atoms with Crippen LogP contribution in [0, 0.1) is 30.3 Å². The third kappa shape index (κ3) is 2.11. The van der Waals surface area contributed by atoms with Crippen LogP contribution in [0.4, 0.5) is 17.1 Å². The summed E-state index contributed by atoms with van der Waals surface area (Å²) in [4.78, 5) is 28.5. The Morgan fingerprint density at radius 3 is 1.56 bits per heavy atom. The highest BCUT2D eigenvalue weighted by atomic mass is 79.9. The SMILES string of the molecule is O=[N+]([O-])c1cc([N+](=O)[O-])c([N+](=O)[O-])cc1Br. The van der Waals surface area contributed by atoms with Gasteiger partial charge in [-0.15, -0.1) is 0 Å². The lowest BCUT2D eigenvalue weighted by Gasteiger charge is -1.97. The summed E-state index contributed by atoms with van der Waals surface area (Å²) < 4.78 is -0.185. The van der Waals surface area contributed by atoms with Gasteiger partial charge in [-0.25, -0.2) is 0 Å². The van der Waals surface area contributed by atoms with Gasteiger partial charge in [0.15, 0.2) is 0 Å². The summed E-state index contributed by atoms with van der Waals surface area (Å²) in [6.45, 7) is 0. The van der Waals surface area contributed by atoms with Crippen molar-refractivity contribution in [3.8, 4) is 0 Å². The molecule has 0 spiro atoms. The van der Waals surface area contributed by atoms with Crippen molar-refractivity contribution in [2.75, 3.05) is 0 Å². The van der Waals surface area contributed by atoms with E-state index in [1.165, 1.54) is 0 Å². The van der Waals surface area contributed by atoms with Gasteiger partial charge in [0.05, 0.1) is 14.8 Å². The highest BCUT2D eigenvalue weighted by Gasteiger charge is 2.30. The molecule has 0 radical (unpaired) electrons. The van der Waals surface area contributed by atoms with Gasteiger partial charge in [-0.3, -0.25) is 30.3 Å². The Bertz CT molecular complexity index is 501. The van der Waals surface area contributed by atoms with Crippen molar-refractivity contribution >= 4 is 33.0 Å². The molecule has 0 fully saturated rings. The molecule has 0 amide bonds. The number of halogens is 1. The lowest BCUT2D eigenvalue weighted by molar-refractivity contribution is -0.424. The molecule has 0 aliphatic rings. The topological polar surface area (TPSA) is 129 Å². The molecule has 0 aliphatic heterocycles. The van der Waals surface area contributed by atoms with Gasteiger partial charge in [0.2, 0.25) is 0 Å². The average molecular weight is 292 g/mol. The Kier molecular flexibility index (Phi) is 3.13. The molecule has 0 atom stereocenters. The molecule has 0 saturated carbocycles. The molecule has 1 aromatic rings. The van der Waals surface area contributed by atoms with Crippen LogP contribution >= 0.6 is 15.9 Å². The first-order valence-electron chi connectivity index (χ1n) is 3.61. The molecule has 9 nitrogen and oxygen atoms in total. The third-order valence-corrected chi connectivity index (χ3v) is 2.27. The van der Waals surface area contributed by atoms with Crippen molar-refractivity contribution in [3.63, 3.8) is 0 Å². The summed E-state index contributed by atoms with van der Waals surface area (Å²) in [6, 6.07) is 1.28. The first-order valence-corrected chi connectivity index (χ1v) is 4.40. The van der Waals surface area contributed by atoms with Crippen LogP contribution in [0.2, 0.25) is 0 Å². The van der Waals surface area contributed by atoms with Crippen LogP contribution in [0.25, 0.3) is 0 Å². The standard InChI is InChI=1S/C6H2BrN3O6/c7-3-1-5(9(13)14)6(10(15)16)2-4(3)8(11)12/h1-2H. The molecule has 0 unspecified atom stereocenters. The second-order valence-corrected chi connectivity index (χ2v) is 3.42. The van der Waals surface area contributed by atoms with Gasteiger partial charge >= 0.3 is 11.4 Å². The van der Waals surface area contributed by atoms with E-state index < -0.39 is 31.8 Å². The molecule has 1 aromatic carbocycles. The fraction of sp³-hybridized carbons (Fsp3) is 0. The minimum Gasteiger partial charge on any atom is -0.258 e. The molecule has 84 valence electrons. The van der Waals surface area contributed by atoms with Gasteiger partial charge < -0.3 is 0 Å². The number of rotatable bonds is 3. The zero-order valence-corrected chi connectivity index (χ0v) is 8.91. The first-order chi connectivity index (χ1) is 7.34. The van der Waals surface area contributed by atoms with E-state index in [0.29, 0.717) is 6.07 Å². The van der Waals surface area contributed by atoms with Crippen LogP contribution < -0.4 is 0 Å². The predicted molar refractivity (Wildman–Crippen MR) is 54.1 cm³/mol. The molecule has 16 heavy (non-hydrogen) atoms. The van der Waals surface area contributed by atoms with E-state index in [9.17, 15) is 30.3 Å². The molecular formula is C6H2BrN3O6. The Labute approximate surface area is 95.3 Å². The first kappa shape index (κ1) is 12.0. The average Bonchev–Trinajstić information content (AvgIpc) is 2.15. The summed E-state index contributed by atoms with van der Waals surface area (Å²) in [5, 5.41) is 31.4. The minimum atomic E-state index is -1.04. The summed E-state index contributed by atoms with van der Waals surface area (Å²) in [5.41, 5.74) is -2.32. The van der Waals surface area contributed by atoms with E-state index in [4.69, 9.17) is 0 Å². The highest BCUT2D eigenvalue weighted by Crippen LogP contribution is 2.36. The van der Waals surface area contributed by atoms with Crippen LogP contribution in [-0.4, -0.2) is 14.8 Å². The van der Waals surface area contributed by atoms with Crippen molar-refractivity contribution in [2.45, 2.75) is 0 Å². The second-order valence-electron chi connectivity index (χ2n) is 2.56. The second kappa shape index (κ2) is 4.18. The maximum atomic E-state index is 10.5. The fourth-order valence-electron chi connectivity index (χ4n) is 0.973. The normalized spacial score (nSPS) is 9.81. The van der Waals surface area contributed by atoms with E-state index in [1.54, 1.807) is 0 Å². The van der Waals surface area contributed by atoms with Crippen molar-refractivity contribution in [3.05, 3.63) is 46.9 Å². The van der Waals surface area contributed by atoms with Crippen molar-refractivity contribution < 1.29 is 14.8 Å². The molecule has 0 N–H and O–H groups in total. The van der Waals surface area contributed by atoms with E-state index >= 15 is 0 Å². The largest absolute Gasteiger partial charge is 0.352 e. The van der Waals surface area contributed by atoms with Crippen LogP contribution in [0.3, 0.4) is 0 Å². The van der Waals surface area contributed by atoms with Gasteiger partial charge in [0.25, 0.3) is 5.69 Å². The highest BCUT2D eigenvalue weighted by molar-refractivity contribution is 9.10. The molecule has 10 heteroatoms. The third-order valence-electron chi connectivity index (χ3n) is 1.63. The molecule has 0 aromatic heterocycles. The molecule has 0 heterocycles. The molecular weight excluding hydrogens is 290 g/mol. The van der Waals surface area contributed by atoms with Crippen LogP contribution in [0.15, 0.2) is 16.6 Å². The molecule has 0 saturated heterocycles. The number of hydrogen-bond acceptors (Lipinski definition) is 6. The number of nitro benzene ring substituents is 3. The number of nitro groups is 3. The summed E-state index contributed by atoms with van der Waals surface area (Å²) in [5.74, 6) is 0. The smallest absolute Gasteiger partial charge is 0.258 e. The Morgan fingerprint density at radius 2 is 1.19 bits per heavy atom. The van der Waals surface area contributed by atoms with Gasteiger partial charge in [-0.1, -0.05) is 0 Å².